The first-order valence-corrected chi connectivity index (χ1v) is 9.19. The first-order chi connectivity index (χ1) is 12.3. The van der Waals surface area contributed by atoms with E-state index in [-0.39, 0.29) is 0 Å². The molecule has 0 aliphatic carbocycles. The Balaban J connectivity index is 1.88. The molecule has 1 aliphatic heterocycles. The van der Waals surface area contributed by atoms with Crippen LogP contribution in [0.1, 0.15) is 25.7 Å². The minimum absolute atomic E-state index is 0.885. The summed E-state index contributed by atoms with van der Waals surface area (Å²) in [5, 5.41) is 1.23. The highest BCUT2D eigenvalue weighted by Crippen LogP contribution is 2.31. The van der Waals surface area contributed by atoms with Crippen LogP contribution in [0.25, 0.3) is 22.0 Å². The second kappa shape index (κ2) is 7.14. The molecular formula is C22H25N2O+. The zero-order valence-electron chi connectivity index (χ0n) is 14.8. The highest BCUT2D eigenvalue weighted by atomic mass is 16.5. The first-order valence-electron chi connectivity index (χ1n) is 9.19. The third-order valence-electron chi connectivity index (χ3n) is 5.09. The number of anilines is 1. The molecule has 1 fully saturated rings. The van der Waals surface area contributed by atoms with E-state index in [1.54, 1.807) is 7.11 Å². The molecular weight excluding hydrogens is 308 g/mol. The van der Waals surface area contributed by atoms with Crippen molar-refractivity contribution >= 4 is 16.7 Å². The summed E-state index contributed by atoms with van der Waals surface area (Å²) < 4.78 is 5.44. The van der Waals surface area contributed by atoms with Gasteiger partial charge in [-0.2, -0.15) is 0 Å². The van der Waals surface area contributed by atoms with Crippen molar-refractivity contribution in [2.24, 2.45) is 0 Å². The van der Waals surface area contributed by atoms with E-state index in [0.717, 1.165) is 24.4 Å². The standard InChI is InChI=1S/C22H24N2O/c1-25-18-11-12-19-20(17-9-5-4-6-10-17)16-22(23-21(19)15-18)24-13-7-2-3-8-14-24/h4-6,9-12,15-16H,2-3,7-8,13-14H2,1H3/p+1. The lowest BCUT2D eigenvalue weighted by atomic mass is 10.0. The molecule has 1 aromatic heterocycles. The number of H-pyrrole nitrogens is 1. The molecule has 0 radical (unpaired) electrons. The summed E-state index contributed by atoms with van der Waals surface area (Å²) in [5.74, 6) is 2.09. The summed E-state index contributed by atoms with van der Waals surface area (Å²) in [5.41, 5.74) is 3.65. The van der Waals surface area contributed by atoms with Crippen molar-refractivity contribution < 1.29 is 9.72 Å². The van der Waals surface area contributed by atoms with E-state index in [9.17, 15) is 0 Å². The molecule has 1 N–H and O–H groups in total. The van der Waals surface area contributed by atoms with Gasteiger partial charge in [0.2, 0.25) is 0 Å². The summed E-state index contributed by atoms with van der Waals surface area (Å²) >= 11 is 0. The molecule has 4 rings (SSSR count). The predicted octanol–water partition coefficient (Wildman–Crippen LogP) is 4.71. The number of benzene rings is 2. The number of nitrogens with zero attached hydrogens (tertiary/aromatic N) is 1. The monoisotopic (exact) mass is 333 g/mol. The number of ether oxygens (including phenoxy) is 1. The molecule has 0 bridgehead atoms. The Morgan fingerprint density at radius 1 is 0.880 bits per heavy atom. The van der Waals surface area contributed by atoms with Gasteiger partial charge in [-0.25, -0.2) is 4.98 Å². The number of nitrogens with one attached hydrogen (secondary N) is 1. The third kappa shape index (κ3) is 3.32. The van der Waals surface area contributed by atoms with Gasteiger partial charge >= 0.3 is 0 Å². The topological polar surface area (TPSA) is 26.6 Å². The Kier molecular flexibility index (Phi) is 4.55. The maximum Gasteiger partial charge on any atom is 0.275 e. The van der Waals surface area contributed by atoms with Gasteiger partial charge in [-0.1, -0.05) is 30.3 Å². The Bertz CT molecular complexity index is 853. The zero-order chi connectivity index (χ0) is 17.1. The van der Waals surface area contributed by atoms with Gasteiger partial charge < -0.3 is 4.74 Å². The number of aromatic nitrogens is 1. The van der Waals surface area contributed by atoms with Crippen molar-refractivity contribution in [2.45, 2.75) is 25.7 Å². The summed E-state index contributed by atoms with van der Waals surface area (Å²) in [7, 11) is 1.72. The van der Waals surface area contributed by atoms with Crippen molar-refractivity contribution in [3.63, 3.8) is 0 Å². The number of pyridine rings is 1. The number of methoxy groups -OCH3 is 1. The van der Waals surface area contributed by atoms with E-state index in [4.69, 9.17) is 4.74 Å². The number of rotatable bonds is 3. The van der Waals surface area contributed by atoms with Gasteiger partial charge in [0.1, 0.15) is 11.3 Å². The Morgan fingerprint density at radius 2 is 1.64 bits per heavy atom. The molecule has 1 aliphatic rings. The largest absolute Gasteiger partial charge is 0.497 e. The molecule has 0 saturated carbocycles. The molecule has 3 heteroatoms. The maximum atomic E-state index is 5.44. The van der Waals surface area contributed by atoms with Crippen molar-refractivity contribution in [1.82, 2.24) is 0 Å². The average molecular weight is 333 g/mol. The molecule has 2 heterocycles. The van der Waals surface area contributed by atoms with Gasteiger partial charge in [-0.05, 0) is 43.4 Å². The normalized spacial score (nSPS) is 15.2. The van der Waals surface area contributed by atoms with Crippen molar-refractivity contribution in [1.29, 1.82) is 0 Å². The van der Waals surface area contributed by atoms with Crippen molar-refractivity contribution in [3.8, 4) is 16.9 Å². The van der Waals surface area contributed by atoms with Gasteiger partial charge in [-0.3, -0.25) is 4.90 Å². The summed E-state index contributed by atoms with van der Waals surface area (Å²) in [6, 6.07) is 19.3. The van der Waals surface area contributed by atoms with Gasteiger partial charge in [0, 0.05) is 23.1 Å². The van der Waals surface area contributed by atoms with Crippen LogP contribution >= 0.6 is 0 Å². The SMILES string of the molecule is COc1ccc2c(-c3ccccc3)cc(N3CCCCCC3)[nH+]c2c1. The molecule has 0 spiro atoms. The lowest BCUT2D eigenvalue weighted by Gasteiger charge is -2.16. The second-order valence-electron chi connectivity index (χ2n) is 6.75. The maximum absolute atomic E-state index is 5.44. The van der Waals surface area contributed by atoms with Crippen LogP contribution in [0, 0.1) is 0 Å². The number of hydrogen-bond donors (Lipinski definition) is 0. The summed E-state index contributed by atoms with van der Waals surface area (Å²) in [4.78, 5) is 6.15. The molecule has 2 aromatic carbocycles. The third-order valence-corrected chi connectivity index (χ3v) is 5.09. The van der Waals surface area contributed by atoms with Crippen LogP contribution in [0.3, 0.4) is 0 Å². The van der Waals surface area contributed by atoms with E-state index < -0.39 is 0 Å². The predicted molar refractivity (Wildman–Crippen MR) is 103 cm³/mol. The Morgan fingerprint density at radius 3 is 2.36 bits per heavy atom. The first kappa shape index (κ1) is 15.9. The minimum atomic E-state index is 0.885. The summed E-state index contributed by atoms with van der Waals surface area (Å²) in [6.07, 6.45) is 5.21. The van der Waals surface area contributed by atoms with Crippen molar-refractivity contribution in [2.75, 3.05) is 25.1 Å². The van der Waals surface area contributed by atoms with E-state index >= 15 is 0 Å². The van der Waals surface area contributed by atoms with Crippen LogP contribution in [0.2, 0.25) is 0 Å². The van der Waals surface area contributed by atoms with E-state index in [2.05, 4.69) is 58.4 Å². The van der Waals surface area contributed by atoms with E-state index in [1.165, 1.54) is 48.0 Å². The highest BCUT2D eigenvalue weighted by Gasteiger charge is 2.20. The molecule has 128 valence electrons. The number of hydrogen-bond acceptors (Lipinski definition) is 2. The van der Waals surface area contributed by atoms with Crippen LogP contribution in [0.4, 0.5) is 5.82 Å². The fourth-order valence-corrected chi connectivity index (χ4v) is 3.72. The minimum Gasteiger partial charge on any atom is -0.497 e. The average Bonchev–Trinajstić information content (AvgIpc) is 2.97. The molecule has 0 unspecified atom stereocenters. The fraction of sp³-hybridized carbons (Fsp3) is 0.318. The van der Waals surface area contributed by atoms with Crippen LogP contribution in [0.15, 0.2) is 54.6 Å². The van der Waals surface area contributed by atoms with Gasteiger partial charge in [0.15, 0.2) is 0 Å². The van der Waals surface area contributed by atoms with Gasteiger partial charge in [0.25, 0.3) is 5.82 Å². The molecule has 3 nitrogen and oxygen atoms in total. The van der Waals surface area contributed by atoms with Crippen LogP contribution < -0.4 is 14.6 Å². The van der Waals surface area contributed by atoms with Gasteiger partial charge in [-0.15, -0.1) is 0 Å². The van der Waals surface area contributed by atoms with E-state index in [0.29, 0.717) is 0 Å². The molecule has 0 amide bonds. The van der Waals surface area contributed by atoms with E-state index in [1.807, 2.05) is 6.07 Å². The highest BCUT2D eigenvalue weighted by molar-refractivity contribution is 5.94. The molecule has 0 atom stereocenters. The van der Waals surface area contributed by atoms with Crippen LogP contribution in [-0.4, -0.2) is 20.2 Å². The lowest BCUT2D eigenvalue weighted by Crippen LogP contribution is -2.30. The Hall–Kier alpha value is -2.55. The second-order valence-corrected chi connectivity index (χ2v) is 6.75. The van der Waals surface area contributed by atoms with Crippen molar-refractivity contribution in [3.05, 3.63) is 54.6 Å². The van der Waals surface area contributed by atoms with Crippen LogP contribution in [-0.2, 0) is 0 Å². The fourth-order valence-electron chi connectivity index (χ4n) is 3.72. The molecule has 3 aromatic rings. The smallest absolute Gasteiger partial charge is 0.275 e. The number of aromatic amines is 1. The lowest BCUT2D eigenvalue weighted by molar-refractivity contribution is -0.330. The molecule has 1 saturated heterocycles. The zero-order valence-corrected chi connectivity index (χ0v) is 14.8. The summed E-state index contributed by atoms with van der Waals surface area (Å²) in [6.45, 7) is 2.25. The van der Waals surface area contributed by atoms with Crippen LogP contribution in [0.5, 0.6) is 5.75 Å². The quantitative estimate of drug-likeness (QED) is 0.694. The molecule has 25 heavy (non-hydrogen) atoms. The number of fused-ring (bicyclic) bond motifs is 1. The van der Waals surface area contributed by atoms with Gasteiger partial charge in [0.05, 0.1) is 20.2 Å². The Labute approximate surface area is 149 Å².